The molecule has 0 amide bonds. The molecule has 2 rings (SSSR count). The van der Waals surface area contributed by atoms with Crippen LogP contribution in [0.4, 0.5) is 13.2 Å². The van der Waals surface area contributed by atoms with Crippen LogP contribution in [0.15, 0.2) is 18.2 Å². The summed E-state index contributed by atoms with van der Waals surface area (Å²) in [7, 11) is 1.35. The van der Waals surface area contributed by atoms with Crippen molar-refractivity contribution in [2.75, 3.05) is 7.11 Å². The molecule has 90 valence electrons. The Morgan fingerprint density at radius 3 is 2.53 bits per heavy atom. The highest BCUT2D eigenvalue weighted by Crippen LogP contribution is 2.33. The van der Waals surface area contributed by atoms with Gasteiger partial charge in [0, 0.05) is 5.39 Å². The van der Waals surface area contributed by atoms with Crippen LogP contribution in [0, 0.1) is 0 Å². The molecule has 0 aliphatic rings. The highest BCUT2D eigenvalue weighted by molar-refractivity contribution is 6.34. The molecule has 0 fully saturated rings. The third-order valence-electron chi connectivity index (χ3n) is 2.12. The molecule has 0 aliphatic heterocycles. The van der Waals surface area contributed by atoms with E-state index in [0.717, 1.165) is 0 Å². The van der Waals surface area contributed by atoms with Gasteiger partial charge in [-0.3, -0.25) is 0 Å². The van der Waals surface area contributed by atoms with Crippen molar-refractivity contribution in [3.8, 4) is 5.75 Å². The molecule has 1 aromatic heterocycles. The first kappa shape index (κ1) is 11.9. The maximum Gasteiger partial charge on any atom is 0.451 e. The first-order valence-electron chi connectivity index (χ1n) is 4.51. The van der Waals surface area contributed by atoms with Crippen molar-refractivity contribution < 1.29 is 17.9 Å². The number of halogens is 4. The van der Waals surface area contributed by atoms with Crippen LogP contribution in [0.5, 0.6) is 5.75 Å². The summed E-state index contributed by atoms with van der Waals surface area (Å²) in [6.45, 7) is 0. The Balaban J connectivity index is 2.79. The first-order chi connectivity index (χ1) is 7.93. The van der Waals surface area contributed by atoms with Crippen LogP contribution in [0.3, 0.4) is 0 Å². The van der Waals surface area contributed by atoms with E-state index in [1.165, 1.54) is 19.2 Å². The Morgan fingerprint density at radius 2 is 1.94 bits per heavy atom. The van der Waals surface area contributed by atoms with E-state index < -0.39 is 12.0 Å². The van der Waals surface area contributed by atoms with Crippen LogP contribution in [0.25, 0.3) is 10.9 Å². The number of para-hydroxylation sites is 1. The smallest absolute Gasteiger partial charge is 0.451 e. The lowest BCUT2D eigenvalue weighted by molar-refractivity contribution is -0.144. The van der Waals surface area contributed by atoms with Gasteiger partial charge in [-0.25, -0.2) is 9.97 Å². The van der Waals surface area contributed by atoms with Crippen molar-refractivity contribution in [2.24, 2.45) is 0 Å². The van der Waals surface area contributed by atoms with Gasteiger partial charge in [-0.1, -0.05) is 17.7 Å². The van der Waals surface area contributed by atoms with Crippen LogP contribution in [-0.4, -0.2) is 17.1 Å². The van der Waals surface area contributed by atoms with Gasteiger partial charge < -0.3 is 4.74 Å². The minimum absolute atomic E-state index is 0.0438. The van der Waals surface area contributed by atoms with Crippen molar-refractivity contribution >= 4 is 22.5 Å². The Labute approximate surface area is 99.2 Å². The minimum atomic E-state index is -4.64. The highest BCUT2D eigenvalue weighted by atomic mass is 35.5. The lowest BCUT2D eigenvalue weighted by Crippen LogP contribution is -2.11. The average molecular weight is 263 g/mol. The lowest BCUT2D eigenvalue weighted by atomic mass is 10.2. The molecule has 1 heterocycles. The predicted molar refractivity (Wildman–Crippen MR) is 56.1 cm³/mol. The molecular weight excluding hydrogens is 257 g/mol. The number of aromatic nitrogens is 2. The average Bonchev–Trinajstić information content (AvgIpc) is 2.27. The Kier molecular flexibility index (Phi) is 2.82. The fourth-order valence-corrected chi connectivity index (χ4v) is 1.61. The number of nitrogens with zero attached hydrogens (tertiary/aromatic N) is 2. The molecule has 2 aromatic rings. The highest BCUT2D eigenvalue weighted by Gasteiger charge is 2.35. The van der Waals surface area contributed by atoms with Gasteiger partial charge in [0.2, 0.25) is 5.82 Å². The molecule has 1 aromatic carbocycles. The number of fused-ring (bicyclic) bond motifs is 1. The molecular formula is C10H6ClF3N2O. The van der Waals surface area contributed by atoms with E-state index in [1.54, 1.807) is 6.07 Å². The van der Waals surface area contributed by atoms with Crippen LogP contribution < -0.4 is 4.74 Å². The molecule has 0 saturated heterocycles. The Bertz CT molecular complexity index is 571. The molecule has 0 saturated carbocycles. The molecule has 0 aliphatic carbocycles. The number of rotatable bonds is 1. The lowest BCUT2D eigenvalue weighted by Gasteiger charge is -2.09. The topological polar surface area (TPSA) is 35.0 Å². The number of hydrogen-bond donors (Lipinski definition) is 0. The van der Waals surface area contributed by atoms with Gasteiger partial charge in [-0.15, -0.1) is 0 Å². The molecule has 7 heteroatoms. The largest absolute Gasteiger partial charge is 0.494 e. The molecule has 0 atom stereocenters. The van der Waals surface area contributed by atoms with Gasteiger partial charge in [0.15, 0.2) is 0 Å². The molecule has 3 nitrogen and oxygen atoms in total. The second-order valence-corrected chi connectivity index (χ2v) is 3.55. The summed E-state index contributed by atoms with van der Waals surface area (Å²) >= 11 is 5.69. The van der Waals surface area contributed by atoms with Gasteiger partial charge >= 0.3 is 6.18 Å². The van der Waals surface area contributed by atoms with E-state index >= 15 is 0 Å². The van der Waals surface area contributed by atoms with Crippen LogP contribution in [0.2, 0.25) is 5.15 Å². The maximum atomic E-state index is 12.5. The minimum Gasteiger partial charge on any atom is -0.494 e. The van der Waals surface area contributed by atoms with Crippen LogP contribution >= 0.6 is 11.6 Å². The zero-order valence-corrected chi connectivity index (χ0v) is 9.30. The summed E-state index contributed by atoms with van der Waals surface area (Å²) < 4.78 is 42.5. The van der Waals surface area contributed by atoms with E-state index in [0.29, 0.717) is 5.39 Å². The van der Waals surface area contributed by atoms with Crippen molar-refractivity contribution in [3.63, 3.8) is 0 Å². The third kappa shape index (κ3) is 2.12. The standard InChI is InChI=1S/C10H6ClF3N2O/c1-17-6-4-2-3-5-7(6)15-9(10(12,13)14)16-8(5)11/h2-4H,1H3. The zero-order valence-electron chi connectivity index (χ0n) is 8.55. The summed E-state index contributed by atoms with van der Waals surface area (Å²) in [6.07, 6.45) is -4.64. The number of methoxy groups -OCH3 is 1. The second kappa shape index (κ2) is 4.03. The number of alkyl halides is 3. The van der Waals surface area contributed by atoms with E-state index in [1.807, 2.05) is 0 Å². The number of hydrogen-bond acceptors (Lipinski definition) is 3. The van der Waals surface area contributed by atoms with Crippen molar-refractivity contribution in [3.05, 3.63) is 29.2 Å². The first-order valence-corrected chi connectivity index (χ1v) is 4.88. The molecule has 17 heavy (non-hydrogen) atoms. The summed E-state index contributed by atoms with van der Waals surface area (Å²) in [5.41, 5.74) is 0.0438. The summed E-state index contributed by atoms with van der Waals surface area (Å²) in [5, 5.41) is 0.0697. The zero-order chi connectivity index (χ0) is 12.6. The Hall–Kier alpha value is -1.56. The van der Waals surface area contributed by atoms with E-state index in [-0.39, 0.29) is 16.4 Å². The fourth-order valence-electron chi connectivity index (χ4n) is 1.38. The van der Waals surface area contributed by atoms with Crippen molar-refractivity contribution in [2.45, 2.75) is 6.18 Å². The third-order valence-corrected chi connectivity index (χ3v) is 2.40. The fraction of sp³-hybridized carbons (Fsp3) is 0.200. The van der Waals surface area contributed by atoms with Crippen molar-refractivity contribution in [1.29, 1.82) is 0 Å². The maximum absolute atomic E-state index is 12.5. The van der Waals surface area contributed by atoms with Gasteiger partial charge in [-0.05, 0) is 12.1 Å². The second-order valence-electron chi connectivity index (χ2n) is 3.19. The summed E-state index contributed by atoms with van der Waals surface area (Å²) in [4.78, 5) is 6.65. The predicted octanol–water partition coefficient (Wildman–Crippen LogP) is 3.31. The van der Waals surface area contributed by atoms with Crippen LogP contribution in [0.1, 0.15) is 5.82 Å². The van der Waals surface area contributed by atoms with Gasteiger partial charge in [0.25, 0.3) is 0 Å². The molecule has 0 radical (unpaired) electrons. The molecule has 0 N–H and O–H groups in total. The summed E-state index contributed by atoms with van der Waals surface area (Å²) in [6, 6.07) is 4.63. The SMILES string of the molecule is COc1cccc2c(Cl)nc(C(F)(F)F)nc12. The van der Waals surface area contributed by atoms with E-state index in [4.69, 9.17) is 16.3 Å². The monoisotopic (exact) mass is 262 g/mol. The normalized spacial score (nSPS) is 11.8. The summed E-state index contributed by atoms with van der Waals surface area (Å²) in [5.74, 6) is -1.06. The van der Waals surface area contributed by atoms with Crippen LogP contribution in [-0.2, 0) is 6.18 Å². The van der Waals surface area contributed by atoms with Gasteiger partial charge in [0.05, 0.1) is 7.11 Å². The molecule has 0 spiro atoms. The van der Waals surface area contributed by atoms with Gasteiger partial charge in [0.1, 0.15) is 16.4 Å². The van der Waals surface area contributed by atoms with E-state index in [2.05, 4.69) is 9.97 Å². The van der Waals surface area contributed by atoms with Crippen molar-refractivity contribution in [1.82, 2.24) is 9.97 Å². The molecule has 0 bridgehead atoms. The van der Waals surface area contributed by atoms with E-state index in [9.17, 15) is 13.2 Å². The number of ether oxygens (including phenoxy) is 1. The quantitative estimate of drug-likeness (QED) is 0.740. The van der Waals surface area contributed by atoms with Gasteiger partial charge in [-0.2, -0.15) is 13.2 Å². The number of benzene rings is 1. The molecule has 0 unspecified atom stereocenters. The Morgan fingerprint density at radius 1 is 1.24 bits per heavy atom.